The van der Waals surface area contributed by atoms with Gasteiger partial charge in [0.25, 0.3) is 5.91 Å². The Balaban J connectivity index is 1.86. The van der Waals surface area contributed by atoms with E-state index < -0.39 is 70.6 Å². The molecule has 3 aliphatic carbocycles. The minimum atomic E-state index is -2.71. The zero-order valence-corrected chi connectivity index (χ0v) is 22.7. The van der Waals surface area contributed by atoms with E-state index >= 15 is 0 Å². The lowest BCUT2D eigenvalue weighted by Gasteiger charge is -2.50. The summed E-state index contributed by atoms with van der Waals surface area (Å²) in [6.07, 6.45) is 0.240. The minimum absolute atomic E-state index is 0.0168. The number of nitrogens with one attached hydrogen (secondary N) is 2. The summed E-state index contributed by atoms with van der Waals surface area (Å²) >= 11 is 5.41. The maximum absolute atomic E-state index is 14.0. The van der Waals surface area contributed by atoms with Crippen molar-refractivity contribution in [3.63, 3.8) is 0 Å². The van der Waals surface area contributed by atoms with E-state index in [2.05, 4.69) is 10.6 Å². The molecule has 12 nitrogen and oxygen atoms in total. The second kappa shape index (κ2) is 10.2. The lowest BCUT2D eigenvalue weighted by Crippen LogP contribution is -2.66. The predicted octanol–water partition coefficient (Wildman–Crippen LogP) is -0.0266. The van der Waals surface area contributed by atoms with Crippen LogP contribution in [0.25, 0.3) is 5.76 Å². The van der Waals surface area contributed by atoms with Gasteiger partial charge in [-0.15, -0.1) is 11.6 Å². The van der Waals surface area contributed by atoms with Gasteiger partial charge in [0.05, 0.1) is 18.3 Å². The highest BCUT2D eigenvalue weighted by atomic mass is 35.5. The summed E-state index contributed by atoms with van der Waals surface area (Å²) in [5.41, 5.74) is -2.36. The number of aliphatic hydroxyl groups is 3. The van der Waals surface area contributed by atoms with Crippen LogP contribution in [0.15, 0.2) is 29.0 Å². The number of Topliss-reactive ketones (excluding diaryl/α,β-unsaturated/α-hetero) is 2. The standard InChI is InChI=1S/C26H31ClN4O8/c1-30(2)14-5-6-15(32)18-12(14)7-11-8-13-20(31(3)4)22(35)19(25(38)29-10-28-16(33)9-27)24(37)26(13,39)23(36)17(11)21(18)34/h5-6,11,13,20,32,34,37,39H,7-10H2,1-4H3,(H,28,33)(H,29,38)/t11-,13-,20+,26-/m0/s1. The highest BCUT2D eigenvalue weighted by molar-refractivity contribution is 6.27. The highest BCUT2D eigenvalue weighted by Gasteiger charge is 2.64. The maximum atomic E-state index is 14.0. The molecule has 0 heterocycles. The van der Waals surface area contributed by atoms with Gasteiger partial charge in [-0.1, -0.05) is 0 Å². The molecule has 4 rings (SSSR count). The van der Waals surface area contributed by atoms with Gasteiger partial charge in [-0.3, -0.25) is 24.1 Å². The predicted molar refractivity (Wildman–Crippen MR) is 141 cm³/mol. The third-order valence-corrected chi connectivity index (χ3v) is 7.94. The van der Waals surface area contributed by atoms with E-state index in [1.54, 1.807) is 39.2 Å². The van der Waals surface area contributed by atoms with Gasteiger partial charge in [0, 0.05) is 31.3 Å². The number of phenols is 1. The molecule has 2 amide bonds. The number of carbonyl (C=O) groups is 4. The number of carbonyl (C=O) groups excluding carboxylic acids is 4. The Hall–Kier alpha value is -3.61. The van der Waals surface area contributed by atoms with Crippen molar-refractivity contribution in [2.45, 2.75) is 24.5 Å². The Kier molecular flexibility index (Phi) is 7.41. The highest BCUT2D eigenvalue weighted by Crippen LogP contribution is 2.53. The van der Waals surface area contributed by atoms with Gasteiger partial charge in [-0.05, 0) is 50.6 Å². The Bertz CT molecular complexity index is 1340. The summed E-state index contributed by atoms with van der Waals surface area (Å²) in [4.78, 5) is 55.1. The van der Waals surface area contributed by atoms with Crippen molar-refractivity contribution in [1.82, 2.24) is 15.5 Å². The first-order chi connectivity index (χ1) is 18.3. The quantitative estimate of drug-likeness (QED) is 0.157. The van der Waals surface area contributed by atoms with Crippen LogP contribution in [0, 0.1) is 11.8 Å². The first-order valence-electron chi connectivity index (χ1n) is 12.2. The minimum Gasteiger partial charge on any atom is -0.508 e. The summed E-state index contributed by atoms with van der Waals surface area (Å²) in [6, 6.07) is 1.91. The Labute approximate surface area is 229 Å². The van der Waals surface area contributed by atoms with Crippen molar-refractivity contribution in [3.8, 4) is 5.75 Å². The molecule has 210 valence electrons. The van der Waals surface area contributed by atoms with Gasteiger partial charge < -0.3 is 36.0 Å². The molecule has 0 saturated heterocycles. The molecule has 1 aromatic carbocycles. The SMILES string of the molecule is CN(C)c1ccc(O)c2c1C[C@H]1C[C@H]3[C@@H](N(C)C)C(=O)C(C(=O)NCNC(=O)CCl)=C(O)[C@@]3(O)C(=O)C1=C2O. The summed E-state index contributed by atoms with van der Waals surface area (Å²) in [6.45, 7) is -0.421. The van der Waals surface area contributed by atoms with Gasteiger partial charge in [-0.25, -0.2) is 0 Å². The largest absolute Gasteiger partial charge is 0.508 e. The smallest absolute Gasteiger partial charge is 0.259 e. The number of ketones is 2. The van der Waals surface area contributed by atoms with E-state index in [4.69, 9.17) is 11.6 Å². The number of fused-ring (bicyclic) bond motifs is 3. The fourth-order valence-electron chi connectivity index (χ4n) is 5.99. The number of rotatable bonds is 6. The molecular weight excluding hydrogens is 532 g/mol. The fraction of sp³-hybridized carbons (Fsp3) is 0.462. The second-order valence-corrected chi connectivity index (χ2v) is 10.6. The van der Waals surface area contributed by atoms with Crippen LogP contribution in [-0.4, -0.2) is 101 Å². The number of nitrogens with zero attached hydrogens (tertiary/aromatic N) is 2. The summed E-state index contributed by atoms with van der Waals surface area (Å²) in [5, 5.41) is 49.4. The molecule has 0 unspecified atom stereocenters. The molecule has 4 atom stereocenters. The first-order valence-corrected chi connectivity index (χ1v) is 12.8. The van der Waals surface area contributed by atoms with Gasteiger partial charge in [0.1, 0.15) is 28.7 Å². The van der Waals surface area contributed by atoms with Crippen LogP contribution in [-0.2, 0) is 25.6 Å². The van der Waals surface area contributed by atoms with E-state index in [0.29, 0.717) is 11.3 Å². The number of hydrogen-bond acceptors (Lipinski definition) is 10. The number of halogens is 1. The zero-order valence-electron chi connectivity index (χ0n) is 21.9. The summed E-state index contributed by atoms with van der Waals surface area (Å²) in [7, 11) is 6.69. The van der Waals surface area contributed by atoms with E-state index in [1.807, 2.05) is 0 Å². The number of benzene rings is 1. The van der Waals surface area contributed by atoms with E-state index in [9.17, 15) is 39.6 Å². The monoisotopic (exact) mass is 562 g/mol. The summed E-state index contributed by atoms with van der Waals surface area (Å²) < 4.78 is 0. The topological polar surface area (TPSA) is 180 Å². The van der Waals surface area contributed by atoms with E-state index in [-0.39, 0.29) is 35.6 Å². The van der Waals surface area contributed by atoms with Crippen molar-refractivity contribution >= 4 is 46.4 Å². The first kappa shape index (κ1) is 28.4. The number of hydrogen-bond donors (Lipinski definition) is 6. The summed E-state index contributed by atoms with van der Waals surface area (Å²) in [5.74, 6) is -7.63. The molecule has 0 bridgehead atoms. The molecular formula is C26H31ClN4O8. The molecule has 3 aliphatic rings. The zero-order chi connectivity index (χ0) is 29.0. The number of aromatic hydroxyl groups is 1. The third kappa shape index (κ3) is 4.32. The number of phenolic OH excluding ortho intramolecular Hbond substituents is 1. The van der Waals surface area contributed by atoms with Crippen LogP contribution in [0.1, 0.15) is 17.5 Å². The van der Waals surface area contributed by atoms with Crippen LogP contribution >= 0.6 is 11.6 Å². The average Bonchev–Trinajstić information content (AvgIpc) is 2.85. The lowest BCUT2D eigenvalue weighted by molar-refractivity contribution is -0.153. The number of alkyl halides is 1. The Morgan fingerprint density at radius 3 is 2.36 bits per heavy atom. The van der Waals surface area contributed by atoms with Gasteiger partial charge >= 0.3 is 0 Å². The third-order valence-electron chi connectivity index (χ3n) is 7.70. The van der Waals surface area contributed by atoms with Crippen LogP contribution in [0.2, 0.25) is 0 Å². The van der Waals surface area contributed by atoms with Crippen LogP contribution in [0.4, 0.5) is 5.69 Å². The van der Waals surface area contributed by atoms with Gasteiger partial charge in [-0.2, -0.15) is 0 Å². The maximum Gasteiger partial charge on any atom is 0.259 e. The van der Waals surface area contributed by atoms with Crippen molar-refractivity contribution in [2.24, 2.45) is 11.8 Å². The molecule has 6 N–H and O–H groups in total. The molecule has 1 aromatic rings. The Morgan fingerprint density at radius 2 is 1.77 bits per heavy atom. The Morgan fingerprint density at radius 1 is 1.10 bits per heavy atom. The number of aliphatic hydroxyl groups excluding tert-OH is 2. The average molecular weight is 563 g/mol. The van der Waals surface area contributed by atoms with Crippen LogP contribution in [0.3, 0.4) is 0 Å². The number of anilines is 1. The van der Waals surface area contributed by atoms with Crippen LogP contribution < -0.4 is 15.5 Å². The molecule has 39 heavy (non-hydrogen) atoms. The molecule has 1 saturated carbocycles. The van der Waals surface area contributed by atoms with Crippen molar-refractivity contribution in [2.75, 3.05) is 45.6 Å². The van der Waals surface area contributed by atoms with Gasteiger partial charge in [0.15, 0.2) is 11.4 Å². The van der Waals surface area contributed by atoms with Crippen LogP contribution in [0.5, 0.6) is 5.75 Å². The molecule has 0 aromatic heterocycles. The molecule has 0 aliphatic heterocycles. The number of likely N-dealkylation sites (N-methyl/N-ethyl adjacent to an activating group) is 1. The fourth-order valence-corrected chi connectivity index (χ4v) is 6.08. The molecule has 0 spiro atoms. The van der Waals surface area contributed by atoms with Gasteiger partial charge in [0.2, 0.25) is 11.7 Å². The van der Waals surface area contributed by atoms with Crippen molar-refractivity contribution in [1.29, 1.82) is 0 Å². The molecule has 1 fully saturated rings. The lowest BCUT2D eigenvalue weighted by atomic mass is 9.57. The number of amides is 2. The van der Waals surface area contributed by atoms with E-state index in [1.165, 1.54) is 11.0 Å². The van der Waals surface area contributed by atoms with Crippen molar-refractivity contribution < 1.29 is 39.6 Å². The van der Waals surface area contributed by atoms with E-state index in [0.717, 1.165) is 0 Å². The molecule has 13 heteroatoms. The second-order valence-electron chi connectivity index (χ2n) is 10.4. The molecule has 0 radical (unpaired) electrons. The van der Waals surface area contributed by atoms with Crippen molar-refractivity contribution in [3.05, 3.63) is 40.2 Å². The normalized spacial score (nSPS) is 26.2.